The third-order valence-electron chi connectivity index (χ3n) is 2.22. The lowest BCUT2D eigenvalue weighted by Crippen LogP contribution is -2.49. The van der Waals surface area contributed by atoms with E-state index in [0.29, 0.717) is 6.54 Å². The van der Waals surface area contributed by atoms with Gasteiger partial charge in [0.25, 0.3) is 0 Å². The molecule has 98 valence electrons. The van der Waals surface area contributed by atoms with Crippen LogP contribution in [0.1, 0.15) is 27.2 Å². The molecule has 5 heteroatoms. The molecule has 5 nitrogen and oxygen atoms in total. The Morgan fingerprint density at radius 1 is 1.41 bits per heavy atom. The van der Waals surface area contributed by atoms with E-state index in [1.54, 1.807) is 11.0 Å². The first-order valence-electron chi connectivity index (χ1n) is 5.63. The minimum absolute atomic E-state index is 0.0372. The number of carbonyl (C=O) groups excluding carboxylic acids is 1. The molecule has 2 N–H and O–H groups in total. The number of hydrogen-bond donors (Lipinski definition) is 2. The molecular weight excluding hydrogens is 220 g/mol. The van der Waals surface area contributed by atoms with E-state index >= 15 is 0 Å². The molecule has 0 unspecified atom stereocenters. The lowest BCUT2D eigenvalue weighted by molar-refractivity contribution is -0.140. The van der Waals surface area contributed by atoms with Gasteiger partial charge in [0, 0.05) is 18.6 Å². The average Bonchev–Trinajstić information content (AvgIpc) is 2.15. The minimum Gasteiger partial charge on any atom is -0.481 e. The predicted molar refractivity (Wildman–Crippen MR) is 66.8 cm³/mol. The highest BCUT2D eigenvalue weighted by molar-refractivity contribution is 5.79. The quantitative estimate of drug-likeness (QED) is 0.513. The van der Waals surface area contributed by atoms with Crippen LogP contribution >= 0.6 is 0 Å². The molecule has 0 radical (unpaired) electrons. The summed E-state index contributed by atoms with van der Waals surface area (Å²) in [6.45, 7) is 10.2. The Morgan fingerprint density at radius 3 is 2.41 bits per heavy atom. The first kappa shape index (κ1) is 15.6. The van der Waals surface area contributed by atoms with Crippen LogP contribution < -0.4 is 5.32 Å². The summed E-state index contributed by atoms with van der Waals surface area (Å²) in [5, 5.41) is 11.6. The van der Waals surface area contributed by atoms with E-state index in [9.17, 15) is 9.59 Å². The molecule has 1 amide bonds. The van der Waals surface area contributed by atoms with Gasteiger partial charge >= 0.3 is 5.97 Å². The first-order chi connectivity index (χ1) is 7.79. The maximum Gasteiger partial charge on any atom is 0.305 e. The Bertz CT molecular complexity index is 282. The van der Waals surface area contributed by atoms with Gasteiger partial charge in [0.15, 0.2) is 0 Å². The molecular formula is C12H22N2O3. The fourth-order valence-electron chi connectivity index (χ4n) is 1.42. The van der Waals surface area contributed by atoms with Gasteiger partial charge in [-0.2, -0.15) is 0 Å². The number of hydrogen-bond acceptors (Lipinski definition) is 3. The molecule has 0 saturated carbocycles. The zero-order valence-corrected chi connectivity index (χ0v) is 10.8. The molecule has 0 aliphatic carbocycles. The largest absolute Gasteiger partial charge is 0.481 e. The van der Waals surface area contributed by atoms with Crippen LogP contribution in [0, 0.1) is 0 Å². The van der Waals surface area contributed by atoms with Crippen molar-refractivity contribution >= 4 is 11.9 Å². The second-order valence-electron chi connectivity index (χ2n) is 4.78. The molecule has 0 heterocycles. The van der Waals surface area contributed by atoms with Crippen molar-refractivity contribution in [1.29, 1.82) is 0 Å². The Kier molecular flexibility index (Phi) is 6.50. The van der Waals surface area contributed by atoms with E-state index in [4.69, 9.17) is 5.11 Å². The molecule has 0 aromatic heterocycles. The maximum atomic E-state index is 11.9. The smallest absolute Gasteiger partial charge is 0.305 e. The fraction of sp³-hybridized carbons (Fsp3) is 0.667. The Balaban J connectivity index is 4.41. The summed E-state index contributed by atoms with van der Waals surface area (Å²) >= 11 is 0. The zero-order valence-electron chi connectivity index (χ0n) is 10.8. The van der Waals surface area contributed by atoms with Crippen LogP contribution in [0.5, 0.6) is 0 Å². The highest BCUT2D eigenvalue weighted by Crippen LogP contribution is 2.13. The van der Waals surface area contributed by atoms with Crippen LogP contribution in [0.15, 0.2) is 12.7 Å². The van der Waals surface area contributed by atoms with E-state index in [2.05, 4.69) is 11.9 Å². The van der Waals surface area contributed by atoms with Gasteiger partial charge in [-0.05, 0) is 20.8 Å². The molecule has 0 spiro atoms. The third-order valence-corrected chi connectivity index (χ3v) is 2.22. The van der Waals surface area contributed by atoms with Crippen molar-refractivity contribution in [2.24, 2.45) is 0 Å². The number of carboxylic acids is 1. The highest BCUT2D eigenvalue weighted by Gasteiger charge is 2.26. The zero-order chi connectivity index (χ0) is 13.5. The molecule has 0 fully saturated rings. The van der Waals surface area contributed by atoms with Crippen molar-refractivity contribution in [1.82, 2.24) is 10.2 Å². The van der Waals surface area contributed by atoms with Crippen molar-refractivity contribution in [3.05, 3.63) is 12.7 Å². The second kappa shape index (κ2) is 7.06. The maximum absolute atomic E-state index is 11.9. The molecule has 0 atom stereocenters. The SMILES string of the molecule is C=CCNCC(=O)N(CCC(=O)O)C(C)(C)C. The summed E-state index contributed by atoms with van der Waals surface area (Å²) in [6, 6.07) is 0. The van der Waals surface area contributed by atoms with E-state index in [0.717, 1.165) is 0 Å². The van der Waals surface area contributed by atoms with Crippen molar-refractivity contribution in [3.63, 3.8) is 0 Å². The van der Waals surface area contributed by atoms with Crippen LogP contribution in [0.25, 0.3) is 0 Å². The lowest BCUT2D eigenvalue weighted by Gasteiger charge is -2.35. The first-order valence-corrected chi connectivity index (χ1v) is 5.63. The standard InChI is InChI=1S/C12H22N2O3/c1-5-7-13-9-10(15)14(12(2,3)4)8-6-11(16)17/h5,13H,1,6-9H2,2-4H3,(H,16,17). The van der Waals surface area contributed by atoms with Crippen molar-refractivity contribution in [2.45, 2.75) is 32.7 Å². The van der Waals surface area contributed by atoms with E-state index in [1.807, 2.05) is 20.8 Å². The lowest BCUT2D eigenvalue weighted by atomic mass is 10.1. The molecule has 0 saturated heterocycles. The molecule has 0 aliphatic heterocycles. The highest BCUT2D eigenvalue weighted by atomic mass is 16.4. The van der Waals surface area contributed by atoms with Crippen LogP contribution in [0.2, 0.25) is 0 Å². The normalized spacial score (nSPS) is 11.0. The summed E-state index contributed by atoms with van der Waals surface area (Å²) < 4.78 is 0. The van der Waals surface area contributed by atoms with Gasteiger partial charge in [0.1, 0.15) is 0 Å². The molecule has 0 bridgehead atoms. The van der Waals surface area contributed by atoms with E-state index < -0.39 is 5.97 Å². The summed E-state index contributed by atoms with van der Waals surface area (Å²) in [4.78, 5) is 24.0. The fourth-order valence-corrected chi connectivity index (χ4v) is 1.42. The molecule has 0 aliphatic rings. The number of amides is 1. The Morgan fingerprint density at radius 2 is 2.00 bits per heavy atom. The predicted octanol–water partition coefficient (Wildman–Crippen LogP) is 0.864. The Hall–Kier alpha value is -1.36. The molecule has 0 aromatic rings. The van der Waals surface area contributed by atoms with Gasteiger partial charge in [0.2, 0.25) is 5.91 Å². The van der Waals surface area contributed by atoms with Gasteiger partial charge in [-0.25, -0.2) is 0 Å². The Labute approximate surface area is 102 Å². The van der Waals surface area contributed by atoms with Gasteiger partial charge in [-0.1, -0.05) is 6.08 Å². The molecule has 17 heavy (non-hydrogen) atoms. The van der Waals surface area contributed by atoms with Gasteiger partial charge in [-0.3, -0.25) is 9.59 Å². The second-order valence-corrected chi connectivity index (χ2v) is 4.78. The van der Waals surface area contributed by atoms with Gasteiger partial charge in [-0.15, -0.1) is 6.58 Å². The van der Waals surface area contributed by atoms with E-state index in [-0.39, 0.29) is 31.0 Å². The molecule has 0 rings (SSSR count). The van der Waals surface area contributed by atoms with Crippen molar-refractivity contribution in [2.75, 3.05) is 19.6 Å². The van der Waals surface area contributed by atoms with E-state index in [1.165, 1.54) is 0 Å². The number of nitrogens with zero attached hydrogens (tertiary/aromatic N) is 1. The van der Waals surface area contributed by atoms with Crippen LogP contribution in [-0.2, 0) is 9.59 Å². The summed E-state index contributed by atoms with van der Waals surface area (Å²) in [5.74, 6) is -0.994. The minimum atomic E-state index is -0.897. The van der Waals surface area contributed by atoms with Gasteiger partial charge in [0.05, 0.1) is 13.0 Å². The van der Waals surface area contributed by atoms with Crippen LogP contribution in [0.4, 0.5) is 0 Å². The summed E-state index contributed by atoms with van der Waals surface area (Å²) in [6.07, 6.45) is 1.64. The third kappa shape index (κ3) is 6.73. The average molecular weight is 242 g/mol. The number of rotatable bonds is 7. The van der Waals surface area contributed by atoms with Crippen LogP contribution in [0.3, 0.4) is 0 Å². The number of nitrogens with one attached hydrogen (secondary N) is 1. The number of carboxylic acid groups (broad SMARTS) is 1. The topological polar surface area (TPSA) is 69.6 Å². The van der Waals surface area contributed by atoms with Crippen LogP contribution in [-0.4, -0.2) is 47.1 Å². The summed E-state index contributed by atoms with van der Waals surface area (Å²) in [7, 11) is 0. The van der Waals surface area contributed by atoms with Crippen molar-refractivity contribution in [3.8, 4) is 0 Å². The number of aliphatic carboxylic acids is 1. The van der Waals surface area contributed by atoms with Crippen molar-refractivity contribution < 1.29 is 14.7 Å². The van der Waals surface area contributed by atoms with Gasteiger partial charge < -0.3 is 15.3 Å². The summed E-state index contributed by atoms with van der Waals surface area (Å²) in [5.41, 5.74) is -0.373. The molecule has 0 aromatic carbocycles. The monoisotopic (exact) mass is 242 g/mol. The number of carbonyl (C=O) groups is 2.